The molecule has 0 N–H and O–H groups in total. The lowest BCUT2D eigenvalue weighted by Crippen LogP contribution is -2.39. The van der Waals surface area contributed by atoms with E-state index in [4.69, 9.17) is 16.3 Å². The van der Waals surface area contributed by atoms with E-state index < -0.39 is 0 Å². The summed E-state index contributed by atoms with van der Waals surface area (Å²) < 4.78 is 5.65. The number of benzene rings is 2. The second-order valence-electron chi connectivity index (χ2n) is 7.03. The third-order valence-corrected chi connectivity index (χ3v) is 5.28. The quantitative estimate of drug-likeness (QED) is 0.636. The Morgan fingerprint density at radius 1 is 1.18 bits per heavy atom. The normalized spacial score (nSPS) is 16.3. The van der Waals surface area contributed by atoms with E-state index in [0.29, 0.717) is 43.3 Å². The molecule has 3 rings (SSSR count). The van der Waals surface area contributed by atoms with Crippen LogP contribution in [0.15, 0.2) is 54.6 Å². The molecular formula is C22H25ClN2O3. The van der Waals surface area contributed by atoms with Crippen LogP contribution in [0, 0.1) is 0 Å². The highest BCUT2D eigenvalue weighted by Crippen LogP contribution is 2.27. The molecule has 0 aliphatic carbocycles. The molecule has 0 saturated carbocycles. The van der Waals surface area contributed by atoms with E-state index in [1.807, 2.05) is 48.5 Å². The molecule has 148 valence electrons. The minimum atomic E-state index is -0.0557. The molecule has 1 aliphatic rings. The first-order valence-electron chi connectivity index (χ1n) is 9.48. The highest BCUT2D eigenvalue weighted by atomic mass is 35.5. The van der Waals surface area contributed by atoms with Crippen molar-refractivity contribution >= 4 is 23.4 Å². The summed E-state index contributed by atoms with van der Waals surface area (Å²) in [5, 5.41) is 0.576. The van der Waals surface area contributed by atoms with Gasteiger partial charge in [-0.3, -0.25) is 9.59 Å². The van der Waals surface area contributed by atoms with Crippen molar-refractivity contribution in [2.75, 3.05) is 33.3 Å². The lowest BCUT2D eigenvalue weighted by molar-refractivity contribution is -0.137. The first-order valence-corrected chi connectivity index (χ1v) is 9.86. The van der Waals surface area contributed by atoms with Gasteiger partial charge in [-0.05, 0) is 24.1 Å². The van der Waals surface area contributed by atoms with Gasteiger partial charge in [0.25, 0.3) is 0 Å². The van der Waals surface area contributed by atoms with Crippen molar-refractivity contribution in [3.8, 4) is 5.75 Å². The first kappa shape index (κ1) is 20.2. The molecule has 1 heterocycles. The summed E-state index contributed by atoms with van der Waals surface area (Å²) in [7, 11) is 1.76. The van der Waals surface area contributed by atoms with Crippen LogP contribution in [0.25, 0.3) is 0 Å². The summed E-state index contributed by atoms with van der Waals surface area (Å²) in [6.07, 6.45) is 1.15. The molecule has 1 atom stereocenters. The van der Waals surface area contributed by atoms with Gasteiger partial charge < -0.3 is 14.5 Å². The van der Waals surface area contributed by atoms with Crippen molar-refractivity contribution in [1.29, 1.82) is 0 Å². The van der Waals surface area contributed by atoms with Crippen LogP contribution >= 0.6 is 11.6 Å². The molecule has 1 aliphatic heterocycles. The zero-order valence-electron chi connectivity index (χ0n) is 16.0. The lowest BCUT2D eigenvalue weighted by Gasteiger charge is -2.22. The second kappa shape index (κ2) is 9.60. The molecule has 2 amide bonds. The Morgan fingerprint density at radius 2 is 1.89 bits per heavy atom. The van der Waals surface area contributed by atoms with Gasteiger partial charge in [0.05, 0.1) is 18.2 Å². The van der Waals surface area contributed by atoms with Crippen LogP contribution in [0.4, 0.5) is 0 Å². The molecule has 5 nitrogen and oxygen atoms in total. The van der Waals surface area contributed by atoms with E-state index in [0.717, 1.165) is 5.56 Å². The molecule has 6 heteroatoms. The molecule has 1 saturated heterocycles. The van der Waals surface area contributed by atoms with Crippen molar-refractivity contribution in [3.63, 3.8) is 0 Å². The fraction of sp³-hybridized carbons (Fsp3) is 0.364. The maximum absolute atomic E-state index is 12.5. The summed E-state index contributed by atoms with van der Waals surface area (Å²) in [5.41, 5.74) is 1.15. The number of amides is 2. The van der Waals surface area contributed by atoms with E-state index in [2.05, 4.69) is 0 Å². The zero-order valence-corrected chi connectivity index (χ0v) is 16.8. The molecule has 0 radical (unpaired) electrons. The maximum atomic E-state index is 12.5. The average Bonchev–Trinajstić information content (AvgIpc) is 3.07. The van der Waals surface area contributed by atoms with Crippen LogP contribution in [0.1, 0.15) is 24.3 Å². The van der Waals surface area contributed by atoms with E-state index in [1.165, 1.54) is 0 Å². The van der Waals surface area contributed by atoms with Crippen molar-refractivity contribution in [1.82, 2.24) is 9.80 Å². The molecule has 0 spiro atoms. The molecule has 28 heavy (non-hydrogen) atoms. The van der Waals surface area contributed by atoms with Crippen molar-refractivity contribution in [2.45, 2.75) is 18.8 Å². The SMILES string of the molecule is CN(CCCOc1ccccc1Cl)C(=O)CN1CC(c2ccccc2)CC1=O. The lowest BCUT2D eigenvalue weighted by atomic mass is 9.99. The monoisotopic (exact) mass is 400 g/mol. The predicted octanol–water partition coefficient (Wildman–Crippen LogP) is 3.58. The summed E-state index contributed by atoms with van der Waals surface area (Å²) in [6.45, 7) is 1.76. The maximum Gasteiger partial charge on any atom is 0.241 e. The van der Waals surface area contributed by atoms with Gasteiger partial charge in [-0.1, -0.05) is 54.1 Å². The molecule has 1 fully saturated rings. The van der Waals surface area contributed by atoms with E-state index in [1.54, 1.807) is 22.9 Å². The third kappa shape index (κ3) is 5.26. The van der Waals surface area contributed by atoms with Crippen molar-refractivity contribution in [2.24, 2.45) is 0 Å². The summed E-state index contributed by atoms with van der Waals surface area (Å²) in [5.74, 6) is 0.793. The smallest absolute Gasteiger partial charge is 0.241 e. The number of carbonyl (C=O) groups excluding carboxylic acids is 2. The van der Waals surface area contributed by atoms with E-state index >= 15 is 0 Å². The fourth-order valence-corrected chi connectivity index (χ4v) is 3.52. The van der Waals surface area contributed by atoms with Gasteiger partial charge in [0.1, 0.15) is 5.75 Å². The number of carbonyl (C=O) groups is 2. The fourth-order valence-electron chi connectivity index (χ4n) is 3.33. The molecular weight excluding hydrogens is 376 g/mol. The van der Waals surface area contributed by atoms with Gasteiger partial charge in [-0.25, -0.2) is 0 Å². The minimum absolute atomic E-state index is 0.0395. The Bertz CT molecular complexity index is 812. The average molecular weight is 401 g/mol. The van der Waals surface area contributed by atoms with Gasteiger partial charge in [-0.15, -0.1) is 0 Å². The van der Waals surface area contributed by atoms with Gasteiger partial charge >= 0.3 is 0 Å². The standard InChI is InChI=1S/C22H25ClN2O3/c1-24(12-7-13-28-20-11-6-5-10-19(20)23)22(27)16-25-15-18(14-21(25)26)17-8-3-2-4-9-17/h2-6,8-11,18H,7,12-16H2,1H3. The number of hydrogen-bond acceptors (Lipinski definition) is 3. The third-order valence-electron chi connectivity index (χ3n) is 4.97. The Hall–Kier alpha value is -2.53. The Kier molecular flexibility index (Phi) is 6.93. The van der Waals surface area contributed by atoms with E-state index in [9.17, 15) is 9.59 Å². The molecule has 1 unspecified atom stereocenters. The number of ether oxygens (including phenoxy) is 1. The van der Waals surface area contributed by atoms with Crippen LogP contribution < -0.4 is 4.74 Å². The topological polar surface area (TPSA) is 49.9 Å². The summed E-state index contributed by atoms with van der Waals surface area (Å²) in [6, 6.07) is 17.3. The second-order valence-corrected chi connectivity index (χ2v) is 7.44. The van der Waals surface area contributed by atoms with E-state index in [-0.39, 0.29) is 24.3 Å². The molecule has 2 aromatic rings. The number of rotatable bonds is 8. The molecule has 0 aromatic heterocycles. The molecule has 2 aromatic carbocycles. The van der Waals surface area contributed by atoms with Crippen molar-refractivity contribution < 1.29 is 14.3 Å². The van der Waals surface area contributed by atoms with Gasteiger partial charge in [0.15, 0.2) is 0 Å². The predicted molar refractivity (Wildman–Crippen MR) is 110 cm³/mol. The van der Waals surface area contributed by atoms with Crippen LogP contribution in [0.2, 0.25) is 5.02 Å². The number of halogens is 1. The Labute approximate surface area is 170 Å². The van der Waals surface area contributed by atoms with Crippen LogP contribution in [-0.2, 0) is 9.59 Å². The highest BCUT2D eigenvalue weighted by Gasteiger charge is 2.32. The van der Waals surface area contributed by atoms with Gasteiger partial charge in [0, 0.05) is 32.5 Å². The number of nitrogens with zero attached hydrogens (tertiary/aromatic N) is 2. The number of para-hydroxylation sites is 1. The number of likely N-dealkylation sites (tertiary alicyclic amines) is 1. The number of hydrogen-bond donors (Lipinski definition) is 0. The van der Waals surface area contributed by atoms with Crippen molar-refractivity contribution in [3.05, 3.63) is 65.2 Å². The van der Waals surface area contributed by atoms with Gasteiger partial charge in [-0.2, -0.15) is 0 Å². The summed E-state index contributed by atoms with van der Waals surface area (Å²) in [4.78, 5) is 28.1. The highest BCUT2D eigenvalue weighted by molar-refractivity contribution is 6.32. The largest absolute Gasteiger partial charge is 0.492 e. The number of likely N-dealkylation sites (N-methyl/N-ethyl adjacent to an activating group) is 1. The van der Waals surface area contributed by atoms with Crippen LogP contribution in [-0.4, -0.2) is 54.9 Å². The van der Waals surface area contributed by atoms with Crippen LogP contribution in [0.5, 0.6) is 5.75 Å². The van der Waals surface area contributed by atoms with Gasteiger partial charge in [0.2, 0.25) is 11.8 Å². The first-order chi connectivity index (χ1) is 13.5. The molecule has 0 bridgehead atoms. The van der Waals surface area contributed by atoms with Crippen LogP contribution in [0.3, 0.4) is 0 Å². The zero-order chi connectivity index (χ0) is 19.9. The summed E-state index contributed by atoms with van der Waals surface area (Å²) >= 11 is 6.05. The Balaban J connectivity index is 1.41. The minimum Gasteiger partial charge on any atom is -0.492 e. The Morgan fingerprint density at radius 3 is 2.64 bits per heavy atom.